The van der Waals surface area contributed by atoms with Crippen molar-refractivity contribution >= 4 is 11.6 Å². The van der Waals surface area contributed by atoms with Gasteiger partial charge in [-0.3, -0.25) is 4.79 Å². The number of carbonyl (C=O) groups excluding carboxylic acids is 1. The van der Waals surface area contributed by atoms with Gasteiger partial charge in [-0.15, -0.1) is 0 Å². The number of carbonyl (C=O) groups is 1. The summed E-state index contributed by atoms with van der Waals surface area (Å²) in [6, 6.07) is 0. The highest BCUT2D eigenvalue weighted by molar-refractivity contribution is 5.96. The van der Waals surface area contributed by atoms with Crippen molar-refractivity contribution in [1.82, 2.24) is 15.3 Å². The molecular formula is C14H22N4O3. The van der Waals surface area contributed by atoms with E-state index in [-0.39, 0.29) is 23.2 Å². The van der Waals surface area contributed by atoms with E-state index >= 15 is 0 Å². The lowest BCUT2D eigenvalue weighted by atomic mass is 10.0. The molecule has 0 spiro atoms. The van der Waals surface area contributed by atoms with Crippen LogP contribution in [0.2, 0.25) is 0 Å². The molecule has 1 amide bonds. The highest BCUT2D eigenvalue weighted by atomic mass is 16.5. The summed E-state index contributed by atoms with van der Waals surface area (Å²) in [4.78, 5) is 20.7. The fraction of sp³-hybridized carbons (Fsp3) is 0.643. The number of hydrogen-bond acceptors (Lipinski definition) is 6. The summed E-state index contributed by atoms with van der Waals surface area (Å²) in [6.45, 7) is 5.39. The summed E-state index contributed by atoms with van der Waals surface area (Å²) in [6.07, 6.45) is 2.22. The van der Waals surface area contributed by atoms with Gasteiger partial charge >= 0.3 is 0 Å². The van der Waals surface area contributed by atoms with Crippen molar-refractivity contribution in [2.75, 3.05) is 32.6 Å². The van der Waals surface area contributed by atoms with Gasteiger partial charge in [-0.2, -0.15) is 0 Å². The molecule has 1 fully saturated rings. The molecule has 0 saturated carbocycles. The molecule has 1 aliphatic rings. The van der Waals surface area contributed by atoms with Gasteiger partial charge in [0.2, 0.25) is 0 Å². The topological polar surface area (TPSA) is 99.4 Å². The van der Waals surface area contributed by atoms with Gasteiger partial charge < -0.3 is 20.5 Å². The van der Waals surface area contributed by atoms with Crippen LogP contribution in [0.3, 0.4) is 0 Å². The summed E-state index contributed by atoms with van der Waals surface area (Å²) >= 11 is 0. The number of aromatic nitrogens is 2. The predicted molar refractivity (Wildman–Crippen MR) is 78.0 cm³/mol. The van der Waals surface area contributed by atoms with Crippen molar-refractivity contribution in [2.45, 2.75) is 31.8 Å². The van der Waals surface area contributed by atoms with Crippen LogP contribution in [0.15, 0.2) is 6.20 Å². The van der Waals surface area contributed by atoms with Crippen molar-refractivity contribution < 1.29 is 14.3 Å². The molecule has 1 saturated heterocycles. The molecule has 3 N–H and O–H groups in total. The van der Waals surface area contributed by atoms with Crippen LogP contribution in [0.4, 0.5) is 5.69 Å². The number of anilines is 1. The maximum absolute atomic E-state index is 12.3. The zero-order valence-electron chi connectivity index (χ0n) is 12.7. The lowest BCUT2D eigenvalue weighted by Crippen LogP contribution is -2.45. The molecule has 1 unspecified atom stereocenters. The van der Waals surface area contributed by atoms with E-state index in [0.29, 0.717) is 25.6 Å². The number of rotatable bonds is 5. The highest BCUT2D eigenvalue weighted by Crippen LogP contribution is 2.22. The number of methoxy groups -OCH3 is 1. The van der Waals surface area contributed by atoms with Crippen molar-refractivity contribution in [1.29, 1.82) is 0 Å². The number of hydrogen-bond donors (Lipinski definition) is 2. The van der Waals surface area contributed by atoms with E-state index in [9.17, 15) is 4.79 Å². The first kappa shape index (κ1) is 15.7. The quantitative estimate of drug-likeness (QED) is 0.830. The molecule has 1 atom stereocenters. The largest absolute Gasteiger partial charge is 0.396 e. The van der Waals surface area contributed by atoms with E-state index < -0.39 is 5.60 Å². The lowest BCUT2D eigenvalue weighted by Gasteiger charge is -2.25. The summed E-state index contributed by atoms with van der Waals surface area (Å²) in [5.74, 6) is 0.408. The number of nitrogens with one attached hydrogen (secondary N) is 1. The SMILES string of the molecule is COC1(CNC(=O)c2nc(C(C)C)ncc2N)CCOC1. The number of nitrogen functional groups attached to an aromatic ring is 1. The molecule has 0 bridgehead atoms. The zero-order chi connectivity index (χ0) is 15.5. The van der Waals surface area contributed by atoms with E-state index in [2.05, 4.69) is 15.3 Å². The number of nitrogens with zero attached hydrogens (tertiary/aromatic N) is 2. The summed E-state index contributed by atoms with van der Waals surface area (Å²) in [5.41, 5.74) is 5.81. The van der Waals surface area contributed by atoms with Crippen molar-refractivity contribution in [2.24, 2.45) is 0 Å². The van der Waals surface area contributed by atoms with Crippen LogP contribution in [0, 0.1) is 0 Å². The summed E-state index contributed by atoms with van der Waals surface area (Å²) in [7, 11) is 1.62. The van der Waals surface area contributed by atoms with Crippen molar-refractivity contribution in [3.8, 4) is 0 Å². The van der Waals surface area contributed by atoms with Crippen LogP contribution in [0.1, 0.15) is 42.5 Å². The van der Waals surface area contributed by atoms with E-state index in [1.807, 2.05) is 13.8 Å². The molecule has 1 aromatic heterocycles. The first-order valence-electron chi connectivity index (χ1n) is 7.01. The summed E-state index contributed by atoms with van der Waals surface area (Å²) in [5, 5.41) is 2.83. The van der Waals surface area contributed by atoms with Gasteiger partial charge in [-0.25, -0.2) is 9.97 Å². The second kappa shape index (κ2) is 6.36. The molecular weight excluding hydrogens is 272 g/mol. The Morgan fingerprint density at radius 3 is 2.95 bits per heavy atom. The Morgan fingerprint density at radius 1 is 1.62 bits per heavy atom. The molecule has 116 valence electrons. The molecule has 0 radical (unpaired) electrons. The molecule has 7 heteroatoms. The van der Waals surface area contributed by atoms with E-state index in [1.54, 1.807) is 7.11 Å². The van der Waals surface area contributed by atoms with Crippen LogP contribution < -0.4 is 11.1 Å². The van der Waals surface area contributed by atoms with Crippen LogP contribution in [-0.4, -0.2) is 48.3 Å². The first-order chi connectivity index (χ1) is 9.97. The fourth-order valence-corrected chi connectivity index (χ4v) is 2.15. The molecule has 1 aliphatic heterocycles. The van der Waals surface area contributed by atoms with Gasteiger partial charge in [0.1, 0.15) is 11.4 Å². The molecule has 2 rings (SSSR count). The Kier molecular flexibility index (Phi) is 4.74. The van der Waals surface area contributed by atoms with Gasteiger partial charge in [-0.1, -0.05) is 13.8 Å². The molecule has 1 aromatic rings. The van der Waals surface area contributed by atoms with E-state index in [1.165, 1.54) is 6.20 Å². The van der Waals surface area contributed by atoms with Crippen molar-refractivity contribution in [3.63, 3.8) is 0 Å². The second-order valence-electron chi connectivity index (χ2n) is 5.56. The van der Waals surface area contributed by atoms with Crippen LogP contribution in [0.5, 0.6) is 0 Å². The lowest BCUT2D eigenvalue weighted by molar-refractivity contribution is -0.0149. The number of nitrogens with two attached hydrogens (primary N) is 1. The first-order valence-corrected chi connectivity index (χ1v) is 7.01. The third-order valence-electron chi connectivity index (χ3n) is 3.64. The minimum atomic E-state index is -0.460. The van der Waals surface area contributed by atoms with E-state index in [0.717, 1.165) is 6.42 Å². The van der Waals surface area contributed by atoms with Crippen LogP contribution in [-0.2, 0) is 9.47 Å². The highest BCUT2D eigenvalue weighted by Gasteiger charge is 2.35. The normalized spacial score (nSPS) is 21.7. The van der Waals surface area contributed by atoms with Gasteiger partial charge in [0.15, 0.2) is 5.69 Å². The van der Waals surface area contributed by atoms with Gasteiger partial charge in [-0.05, 0) is 0 Å². The minimum Gasteiger partial charge on any atom is -0.396 e. The monoisotopic (exact) mass is 294 g/mol. The van der Waals surface area contributed by atoms with Crippen LogP contribution in [0.25, 0.3) is 0 Å². The van der Waals surface area contributed by atoms with Gasteiger partial charge in [0, 0.05) is 32.6 Å². The Balaban J connectivity index is 2.08. The zero-order valence-corrected chi connectivity index (χ0v) is 12.7. The Morgan fingerprint density at radius 2 is 2.38 bits per heavy atom. The molecule has 0 aliphatic carbocycles. The molecule has 7 nitrogen and oxygen atoms in total. The average Bonchev–Trinajstić information content (AvgIpc) is 2.94. The Bertz CT molecular complexity index is 513. The predicted octanol–water partition coefficient (Wildman–Crippen LogP) is 0.718. The van der Waals surface area contributed by atoms with E-state index in [4.69, 9.17) is 15.2 Å². The second-order valence-corrected chi connectivity index (χ2v) is 5.56. The maximum Gasteiger partial charge on any atom is 0.272 e. The Labute approximate surface area is 124 Å². The number of ether oxygens (including phenoxy) is 2. The summed E-state index contributed by atoms with van der Waals surface area (Å²) < 4.78 is 10.8. The molecule has 0 aromatic carbocycles. The third kappa shape index (κ3) is 3.48. The van der Waals surface area contributed by atoms with Crippen molar-refractivity contribution in [3.05, 3.63) is 17.7 Å². The smallest absolute Gasteiger partial charge is 0.272 e. The Hall–Kier alpha value is -1.73. The number of amides is 1. The third-order valence-corrected chi connectivity index (χ3v) is 3.64. The molecule has 2 heterocycles. The maximum atomic E-state index is 12.3. The average molecular weight is 294 g/mol. The minimum absolute atomic E-state index is 0.130. The van der Waals surface area contributed by atoms with Crippen LogP contribution >= 0.6 is 0 Å². The molecule has 21 heavy (non-hydrogen) atoms. The van der Waals surface area contributed by atoms with Gasteiger partial charge in [0.25, 0.3) is 5.91 Å². The fourth-order valence-electron chi connectivity index (χ4n) is 2.15. The van der Waals surface area contributed by atoms with Gasteiger partial charge in [0.05, 0.1) is 18.5 Å². The standard InChI is InChI=1S/C14H22N4O3/c1-9(2)12-16-6-10(15)11(18-12)13(19)17-7-14(20-3)4-5-21-8-14/h6,9H,4-5,7-8,15H2,1-3H3,(H,17,19).